The lowest BCUT2D eigenvalue weighted by molar-refractivity contribution is -0.132. The summed E-state index contributed by atoms with van der Waals surface area (Å²) in [5.74, 6) is -0.229. The van der Waals surface area contributed by atoms with Gasteiger partial charge in [0.15, 0.2) is 0 Å². The van der Waals surface area contributed by atoms with E-state index in [0.717, 1.165) is 0 Å². The van der Waals surface area contributed by atoms with Gasteiger partial charge in [-0.1, -0.05) is 0 Å². The van der Waals surface area contributed by atoms with Crippen LogP contribution in [0.5, 0.6) is 0 Å². The molecule has 0 unspecified atom stereocenters. The second-order valence-corrected chi connectivity index (χ2v) is 1.57. The molecule has 0 fully saturated rings. The largest absolute Gasteiger partial charge is 0.387 e. The Kier molecular flexibility index (Phi) is 3.19. The fourth-order valence-corrected chi connectivity index (χ4v) is 0.297. The van der Waals surface area contributed by atoms with Crippen molar-refractivity contribution in [1.29, 1.82) is 0 Å². The first-order valence-electron chi connectivity index (χ1n) is 2.57. The van der Waals surface area contributed by atoms with Gasteiger partial charge in [0.2, 0.25) is 5.91 Å². The van der Waals surface area contributed by atoms with Gasteiger partial charge in [0, 0.05) is 13.6 Å². The van der Waals surface area contributed by atoms with Crippen molar-refractivity contribution in [2.45, 2.75) is 6.92 Å². The molecule has 0 saturated carbocycles. The van der Waals surface area contributed by atoms with Crippen LogP contribution in [0, 0.1) is 0 Å². The molecule has 0 saturated heterocycles. The van der Waals surface area contributed by atoms with Gasteiger partial charge in [0.05, 0.1) is 0 Å². The number of aliphatic hydroxyl groups excluding tert-OH is 1. The van der Waals surface area contributed by atoms with Gasteiger partial charge in [0.1, 0.15) is 6.61 Å². The summed E-state index contributed by atoms with van der Waals surface area (Å²) in [6, 6.07) is 0. The molecular formula is C5H11NO2. The van der Waals surface area contributed by atoms with Gasteiger partial charge in [-0.05, 0) is 6.92 Å². The molecule has 0 radical (unpaired) electrons. The highest BCUT2D eigenvalue weighted by molar-refractivity contribution is 5.76. The Labute approximate surface area is 48.9 Å². The zero-order valence-corrected chi connectivity index (χ0v) is 5.22. The third-order valence-corrected chi connectivity index (χ3v) is 1.04. The van der Waals surface area contributed by atoms with Crippen LogP contribution in [0.3, 0.4) is 0 Å². The predicted molar refractivity (Wildman–Crippen MR) is 30.4 cm³/mol. The van der Waals surface area contributed by atoms with Crippen molar-refractivity contribution >= 4 is 5.91 Å². The van der Waals surface area contributed by atoms with Crippen molar-refractivity contribution < 1.29 is 9.90 Å². The molecule has 0 aliphatic heterocycles. The summed E-state index contributed by atoms with van der Waals surface area (Å²) in [5.41, 5.74) is 0. The highest BCUT2D eigenvalue weighted by Gasteiger charge is 2.01. The Morgan fingerprint density at radius 3 is 2.38 bits per heavy atom. The number of likely N-dealkylation sites (N-methyl/N-ethyl adjacent to an activating group) is 1. The number of carbonyl (C=O) groups is 1. The maximum atomic E-state index is 10.4. The quantitative estimate of drug-likeness (QED) is 0.527. The molecule has 0 rings (SSSR count). The maximum absolute atomic E-state index is 10.4. The standard InChI is InChI=1S/C5H11NO2/c1-3-6(2)5(8)4-7/h7H,3-4H2,1-2H3. The van der Waals surface area contributed by atoms with Gasteiger partial charge in [-0.3, -0.25) is 4.79 Å². The number of aliphatic hydroxyl groups is 1. The first-order chi connectivity index (χ1) is 3.72. The van der Waals surface area contributed by atoms with Crippen molar-refractivity contribution in [3.05, 3.63) is 0 Å². The Hall–Kier alpha value is -0.570. The monoisotopic (exact) mass is 117 g/mol. The van der Waals surface area contributed by atoms with E-state index in [1.54, 1.807) is 7.05 Å². The average molecular weight is 117 g/mol. The SMILES string of the molecule is CCN(C)C(=O)CO. The molecule has 1 N–H and O–H groups in total. The minimum Gasteiger partial charge on any atom is -0.387 e. The number of carbonyl (C=O) groups excluding carboxylic acids is 1. The number of rotatable bonds is 2. The first-order valence-corrected chi connectivity index (χ1v) is 2.57. The molecule has 48 valence electrons. The average Bonchev–Trinajstić information content (AvgIpc) is 1.84. The molecule has 0 aliphatic carbocycles. The Bertz CT molecular complexity index is 82.5. The van der Waals surface area contributed by atoms with Crippen LogP contribution in [-0.4, -0.2) is 36.1 Å². The van der Waals surface area contributed by atoms with E-state index < -0.39 is 0 Å². The molecule has 0 aliphatic rings. The summed E-state index contributed by atoms with van der Waals surface area (Å²) in [6.45, 7) is 2.12. The van der Waals surface area contributed by atoms with E-state index in [2.05, 4.69) is 0 Å². The van der Waals surface area contributed by atoms with Crippen LogP contribution in [0.15, 0.2) is 0 Å². The van der Waals surface area contributed by atoms with Crippen LogP contribution in [0.4, 0.5) is 0 Å². The lowest BCUT2D eigenvalue weighted by Crippen LogP contribution is -2.28. The number of hydrogen-bond acceptors (Lipinski definition) is 2. The Morgan fingerprint density at radius 1 is 1.75 bits per heavy atom. The van der Waals surface area contributed by atoms with Crippen LogP contribution < -0.4 is 0 Å². The Balaban J connectivity index is 3.46. The van der Waals surface area contributed by atoms with Gasteiger partial charge < -0.3 is 10.0 Å². The summed E-state index contributed by atoms with van der Waals surface area (Å²) in [4.78, 5) is 11.9. The van der Waals surface area contributed by atoms with Gasteiger partial charge in [-0.25, -0.2) is 0 Å². The van der Waals surface area contributed by atoms with Gasteiger partial charge in [-0.15, -0.1) is 0 Å². The van der Waals surface area contributed by atoms with E-state index in [1.807, 2.05) is 6.92 Å². The first kappa shape index (κ1) is 7.43. The van der Waals surface area contributed by atoms with E-state index in [-0.39, 0.29) is 12.5 Å². The second-order valence-electron chi connectivity index (χ2n) is 1.57. The highest BCUT2D eigenvalue weighted by Crippen LogP contribution is 1.79. The van der Waals surface area contributed by atoms with Gasteiger partial charge in [-0.2, -0.15) is 0 Å². The summed E-state index contributed by atoms with van der Waals surface area (Å²) < 4.78 is 0. The fraction of sp³-hybridized carbons (Fsp3) is 0.800. The van der Waals surface area contributed by atoms with E-state index in [9.17, 15) is 4.79 Å². The molecule has 0 bridgehead atoms. The minimum absolute atomic E-state index is 0.229. The molecule has 1 amide bonds. The predicted octanol–water partition coefficient (Wildman–Crippen LogP) is -0.543. The topological polar surface area (TPSA) is 40.5 Å². The third kappa shape index (κ3) is 1.93. The summed E-state index contributed by atoms with van der Waals surface area (Å²) >= 11 is 0. The molecule has 0 heterocycles. The van der Waals surface area contributed by atoms with Gasteiger partial charge in [0.25, 0.3) is 0 Å². The number of hydrogen-bond donors (Lipinski definition) is 1. The lowest BCUT2D eigenvalue weighted by atomic mass is 10.5. The van der Waals surface area contributed by atoms with Crippen molar-refractivity contribution in [1.82, 2.24) is 4.90 Å². The molecule has 0 aromatic rings. The van der Waals surface area contributed by atoms with E-state index >= 15 is 0 Å². The molecule has 0 aromatic carbocycles. The molecule has 8 heavy (non-hydrogen) atoms. The minimum atomic E-state index is -0.385. The third-order valence-electron chi connectivity index (χ3n) is 1.04. The summed E-state index contributed by atoms with van der Waals surface area (Å²) in [7, 11) is 1.65. The number of amides is 1. The smallest absolute Gasteiger partial charge is 0.248 e. The number of nitrogens with zero attached hydrogens (tertiary/aromatic N) is 1. The maximum Gasteiger partial charge on any atom is 0.248 e. The molecule has 3 heteroatoms. The van der Waals surface area contributed by atoms with Crippen LogP contribution in [0.1, 0.15) is 6.92 Å². The van der Waals surface area contributed by atoms with Crippen LogP contribution >= 0.6 is 0 Å². The van der Waals surface area contributed by atoms with Gasteiger partial charge >= 0.3 is 0 Å². The van der Waals surface area contributed by atoms with E-state index in [0.29, 0.717) is 6.54 Å². The summed E-state index contributed by atoms with van der Waals surface area (Å²) in [5, 5.41) is 8.25. The molecule has 0 atom stereocenters. The van der Waals surface area contributed by atoms with E-state index in [4.69, 9.17) is 5.11 Å². The molecule has 0 aromatic heterocycles. The zero-order valence-electron chi connectivity index (χ0n) is 5.22. The molecule has 0 spiro atoms. The van der Waals surface area contributed by atoms with E-state index in [1.165, 1.54) is 4.90 Å². The zero-order chi connectivity index (χ0) is 6.57. The van der Waals surface area contributed by atoms with Crippen molar-refractivity contribution in [3.63, 3.8) is 0 Å². The fourth-order valence-electron chi connectivity index (χ4n) is 0.297. The summed E-state index contributed by atoms with van der Waals surface area (Å²) in [6.07, 6.45) is 0. The second kappa shape index (κ2) is 3.43. The van der Waals surface area contributed by atoms with Crippen molar-refractivity contribution in [2.75, 3.05) is 20.2 Å². The van der Waals surface area contributed by atoms with Crippen LogP contribution in [0.25, 0.3) is 0 Å². The normalized spacial score (nSPS) is 8.88. The highest BCUT2D eigenvalue weighted by atomic mass is 16.3. The van der Waals surface area contributed by atoms with Crippen molar-refractivity contribution in [2.24, 2.45) is 0 Å². The molecular weight excluding hydrogens is 106 g/mol. The lowest BCUT2D eigenvalue weighted by Gasteiger charge is -2.11. The molecule has 3 nitrogen and oxygen atoms in total. The Morgan fingerprint density at radius 2 is 2.25 bits per heavy atom. The van der Waals surface area contributed by atoms with Crippen LogP contribution in [-0.2, 0) is 4.79 Å². The van der Waals surface area contributed by atoms with Crippen LogP contribution in [0.2, 0.25) is 0 Å². The van der Waals surface area contributed by atoms with Crippen molar-refractivity contribution in [3.8, 4) is 0 Å².